The Morgan fingerprint density at radius 3 is 2.65 bits per heavy atom. The van der Waals surface area contributed by atoms with Gasteiger partial charge in [0.25, 0.3) is 5.91 Å². The van der Waals surface area contributed by atoms with E-state index in [2.05, 4.69) is 49.6 Å². The molecule has 34 heavy (non-hydrogen) atoms. The number of ether oxygens (including phenoxy) is 1. The summed E-state index contributed by atoms with van der Waals surface area (Å²) in [6.45, 7) is 5.86. The van der Waals surface area contributed by atoms with Crippen LogP contribution in [0.3, 0.4) is 0 Å². The second-order valence-corrected chi connectivity index (χ2v) is 9.35. The van der Waals surface area contributed by atoms with Gasteiger partial charge in [0.2, 0.25) is 0 Å². The van der Waals surface area contributed by atoms with Crippen LogP contribution in [0.2, 0.25) is 0 Å². The lowest BCUT2D eigenvalue weighted by molar-refractivity contribution is -0.111. The van der Waals surface area contributed by atoms with Crippen LogP contribution in [-0.2, 0) is 11.2 Å². The van der Waals surface area contributed by atoms with Crippen molar-refractivity contribution in [3.63, 3.8) is 0 Å². The molecule has 0 radical (unpaired) electrons. The lowest BCUT2D eigenvalue weighted by atomic mass is 9.99. The lowest BCUT2D eigenvalue weighted by Crippen LogP contribution is -2.35. The van der Waals surface area contributed by atoms with E-state index in [4.69, 9.17) is 10.5 Å². The number of nitrogens with one attached hydrogen (secondary N) is 1. The van der Waals surface area contributed by atoms with Gasteiger partial charge in [-0.25, -0.2) is 15.0 Å². The van der Waals surface area contributed by atoms with Gasteiger partial charge in [-0.15, -0.1) is 0 Å². The van der Waals surface area contributed by atoms with E-state index in [1.807, 2.05) is 24.8 Å². The van der Waals surface area contributed by atoms with Gasteiger partial charge in [0.15, 0.2) is 5.82 Å². The minimum atomic E-state index is -0.346. The van der Waals surface area contributed by atoms with E-state index in [9.17, 15) is 4.79 Å². The molecule has 3 N–H and O–H groups in total. The number of nitrogens with zero attached hydrogens (tertiary/aromatic N) is 5. The highest BCUT2D eigenvalue weighted by Gasteiger charge is 2.33. The van der Waals surface area contributed by atoms with Gasteiger partial charge in [0, 0.05) is 68.2 Å². The number of fused-ring (bicyclic) bond motifs is 1. The van der Waals surface area contributed by atoms with Crippen molar-refractivity contribution in [3.05, 3.63) is 66.9 Å². The second kappa shape index (κ2) is 8.81. The lowest BCUT2D eigenvalue weighted by Gasteiger charge is -2.35. The minimum absolute atomic E-state index is 0.224. The van der Waals surface area contributed by atoms with E-state index in [1.165, 1.54) is 6.20 Å². The molecule has 2 aliphatic heterocycles. The fourth-order valence-electron chi connectivity index (χ4n) is 4.77. The first-order chi connectivity index (χ1) is 16.4. The molecule has 1 aromatic carbocycles. The fourth-order valence-corrected chi connectivity index (χ4v) is 4.77. The minimum Gasteiger partial charge on any atom is -0.487 e. The number of carbonyl (C=O) groups excluding carboxylic acids is 1. The van der Waals surface area contributed by atoms with Crippen LogP contribution in [0.25, 0.3) is 5.57 Å². The summed E-state index contributed by atoms with van der Waals surface area (Å²) in [6.07, 6.45) is 12.9. The van der Waals surface area contributed by atoms with E-state index in [0.717, 1.165) is 55.0 Å². The predicted octanol–water partition coefficient (Wildman–Crippen LogP) is 3.17. The Morgan fingerprint density at radius 2 is 1.97 bits per heavy atom. The molecule has 2 aromatic heterocycles. The Labute approximate surface area is 198 Å². The first kappa shape index (κ1) is 21.9. The molecule has 9 heteroatoms. The van der Waals surface area contributed by atoms with Crippen molar-refractivity contribution in [3.8, 4) is 5.75 Å². The maximum absolute atomic E-state index is 13.2. The highest BCUT2D eigenvalue weighted by atomic mass is 16.5. The van der Waals surface area contributed by atoms with E-state index < -0.39 is 0 Å². The Bertz CT molecular complexity index is 1200. The van der Waals surface area contributed by atoms with Crippen LogP contribution in [-0.4, -0.2) is 44.1 Å². The second-order valence-electron chi connectivity index (χ2n) is 9.35. The van der Waals surface area contributed by atoms with Gasteiger partial charge in [-0.2, -0.15) is 0 Å². The number of rotatable bonds is 5. The van der Waals surface area contributed by atoms with E-state index in [1.54, 1.807) is 18.5 Å². The molecular formula is C25H29N7O2. The van der Waals surface area contributed by atoms with E-state index in [-0.39, 0.29) is 22.9 Å². The molecule has 0 aliphatic carbocycles. The quantitative estimate of drug-likeness (QED) is 0.564. The first-order valence-corrected chi connectivity index (χ1v) is 11.5. The Morgan fingerprint density at radius 1 is 1.21 bits per heavy atom. The van der Waals surface area contributed by atoms with Crippen LogP contribution in [0.15, 0.2) is 55.5 Å². The van der Waals surface area contributed by atoms with Crippen molar-refractivity contribution >= 4 is 22.9 Å². The van der Waals surface area contributed by atoms with Crippen LogP contribution < -0.4 is 20.7 Å². The number of hydrogen-bond acceptors (Lipinski definition) is 7. The number of piperidine rings is 1. The molecule has 5 rings (SSSR count). The normalized spacial score (nSPS) is 17.8. The molecule has 0 unspecified atom stereocenters. The summed E-state index contributed by atoms with van der Waals surface area (Å²) < 4.78 is 8.37. The summed E-state index contributed by atoms with van der Waals surface area (Å²) in [5, 5.41) is 3.07. The molecule has 176 valence electrons. The van der Waals surface area contributed by atoms with Crippen LogP contribution in [0.1, 0.15) is 44.1 Å². The van der Waals surface area contributed by atoms with Gasteiger partial charge in [0.05, 0.1) is 23.3 Å². The molecule has 1 saturated heterocycles. The number of imidazole rings is 1. The van der Waals surface area contributed by atoms with E-state index >= 15 is 0 Å². The third kappa shape index (κ3) is 4.33. The molecule has 1 amide bonds. The largest absolute Gasteiger partial charge is 0.487 e. The van der Waals surface area contributed by atoms with Gasteiger partial charge in [-0.05, 0) is 38.8 Å². The molecule has 4 heterocycles. The number of aromatic nitrogens is 4. The van der Waals surface area contributed by atoms with E-state index in [0.29, 0.717) is 6.04 Å². The molecule has 0 atom stereocenters. The standard InChI is InChI=1S/C25H29N7O2/c1-25(2)14-17-12-20(30-24(33)19(15-26)23-28-6-3-7-29-23)21(13-22(17)34-25)31-9-4-18(5-10-31)32-11-8-27-16-32/h3,6-8,11-13,15-16,18H,4-5,9-10,14,26H2,1-2H3,(H,30,33). The SMILES string of the molecule is CC1(C)Cc2cc(NC(=O)C(=CN)c3ncccn3)c(N3CCC(n4ccnc4)CC3)cc2O1. The summed E-state index contributed by atoms with van der Waals surface area (Å²) in [6, 6.07) is 6.20. The first-order valence-electron chi connectivity index (χ1n) is 11.5. The van der Waals surface area contributed by atoms with Gasteiger partial charge >= 0.3 is 0 Å². The van der Waals surface area contributed by atoms with Gasteiger partial charge < -0.3 is 25.3 Å². The van der Waals surface area contributed by atoms with Gasteiger partial charge in [0.1, 0.15) is 11.4 Å². The van der Waals surface area contributed by atoms with Gasteiger partial charge in [-0.1, -0.05) is 0 Å². The van der Waals surface area contributed by atoms with Crippen molar-refractivity contribution in [1.29, 1.82) is 0 Å². The van der Waals surface area contributed by atoms with Crippen LogP contribution in [0.5, 0.6) is 5.75 Å². The number of benzene rings is 1. The predicted molar refractivity (Wildman–Crippen MR) is 130 cm³/mol. The molecule has 2 aliphatic rings. The Hall–Kier alpha value is -3.88. The molecule has 0 saturated carbocycles. The number of anilines is 2. The smallest absolute Gasteiger partial charge is 0.261 e. The topological polar surface area (TPSA) is 111 Å². The van der Waals surface area contributed by atoms with Gasteiger partial charge in [-0.3, -0.25) is 4.79 Å². The molecule has 9 nitrogen and oxygen atoms in total. The Kier molecular flexibility index (Phi) is 5.69. The molecule has 1 fully saturated rings. The highest BCUT2D eigenvalue weighted by Crippen LogP contribution is 2.43. The average molecular weight is 460 g/mol. The van der Waals surface area contributed by atoms with Crippen LogP contribution >= 0.6 is 0 Å². The maximum Gasteiger partial charge on any atom is 0.261 e. The summed E-state index contributed by atoms with van der Waals surface area (Å²) in [5.74, 6) is 0.813. The summed E-state index contributed by atoms with van der Waals surface area (Å²) in [7, 11) is 0. The van der Waals surface area contributed by atoms with Crippen LogP contribution in [0, 0.1) is 0 Å². The summed E-state index contributed by atoms with van der Waals surface area (Å²) in [4.78, 5) is 28.1. The zero-order valence-electron chi connectivity index (χ0n) is 19.4. The van der Waals surface area contributed by atoms with Crippen molar-refractivity contribution in [1.82, 2.24) is 19.5 Å². The zero-order chi connectivity index (χ0) is 23.7. The molecular weight excluding hydrogens is 430 g/mol. The third-order valence-corrected chi connectivity index (χ3v) is 6.40. The number of carbonyl (C=O) groups is 1. The number of hydrogen-bond donors (Lipinski definition) is 2. The van der Waals surface area contributed by atoms with Crippen molar-refractivity contribution in [2.24, 2.45) is 5.73 Å². The molecule has 3 aromatic rings. The molecule has 0 bridgehead atoms. The monoisotopic (exact) mass is 459 g/mol. The van der Waals surface area contributed by atoms with Crippen LogP contribution in [0.4, 0.5) is 11.4 Å². The average Bonchev–Trinajstić information content (AvgIpc) is 3.46. The summed E-state index contributed by atoms with van der Waals surface area (Å²) in [5.41, 5.74) is 8.49. The van der Waals surface area contributed by atoms with Crippen molar-refractivity contribution in [2.75, 3.05) is 23.3 Å². The molecule has 0 spiro atoms. The highest BCUT2D eigenvalue weighted by molar-refractivity contribution is 6.24. The number of amides is 1. The fraction of sp³-hybridized carbons (Fsp3) is 0.360. The van der Waals surface area contributed by atoms with Crippen molar-refractivity contribution < 1.29 is 9.53 Å². The van der Waals surface area contributed by atoms with Crippen molar-refractivity contribution in [2.45, 2.75) is 44.8 Å². The number of nitrogens with two attached hydrogens (primary N) is 1. The Balaban J connectivity index is 1.43. The maximum atomic E-state index is 13.2. The third-order valence-electron chi connectivity index (χ3n) is 6.40. The summed E-state index contributed by atoms with van der Waals surface area (Å²) >= 11 is 0. The zero-order valence-corrected chi connectivity index (χ0v) is 19.4.